The van der Waals surface area contributed by atoms with E-state index in [1.165, 1.54) is 0 Å². The van der Waals surface area contributed by atoms with Crippen LogP contribution in [0.15, 0.2) is 22.7 Å². The van der Waals surface area contributed by atoms with Gasteiger partial charge in [0.2, 0.25) is 5.91 Å². The van der Waals surface area contributed by atoms with Gasteiger partial charge in [-0.3, -0.25) is 4.79 Å². The van der Waals surface area contributed by atoms with Gasteiger partial charge in [0.25, 0.3) is 0 Å². The van der Waals surface area contributed by atoms with Crippen LogP contribution < -0.4 is 15.4 Å². The summed E-state index contributed by atoms with van der Waals surface area (Å²) >= 11 is 3.40. The molecule has 5 nitrogen and oxygen atoms in total. The van der Waals surface area contributed by atoms with Crippen molar-refractivity contribution in [1.82, 2.24) is 5.32 Å². The van der Waals surface area contributed by atoms with Crippen molar-refractivity contribution < 1.29 is 14.3 Å². The van der Waals surface area contributed by atoms with E-state index in [0.717, 1.165) is 30.4 Å². The number of rotatable bonds is 5. The highest BCUT2D eigenvalue weighted by Gasteiger charge is 2.15. The third kappa shape index (κ3) is 4.47. The SMILES string of the molecule is COc1ccc(Br)c(NC(=O)COC2CCNCC2)c1. The van der Waals surface area contributed by atoms with Gasteiger partial charge in [-0.15, -0.1) is 0 Å². The van der Waals surface area contributed by atoms with Gasteiger partial charge in [-0.25, -0.2) is 0 Å². The monoisotopic (exact) mass is 342 g/mol. The van der Waals surface area contributed by atoms with Gasteiger partial charge >= 0.3 is 0 Å². The standard InChI is InChI=1S/C14H19BrN2O3/c1-19-11-2-3-12(15)13(8-11)17-14(18)9-20-10-4-6-16-7-5-10/h2-3,8,10,16H,4-7,9H2,1H3,(H,17,18). The maximum Gasteiger partial charge on any atom is 0.250 e. The van der Waals surface area contributed by atoms with E-state index >= 15 is 0 Å². The van der Waals surface area contributed by atoms with Gasteiger partial charge in [0, 0.05) is 10.5 Å². The van der Waals surface area contributed by atoms with Crippen molar-refractivity contribution in [2.24, 2.45) is 0 Å². The Morgan fingerprint density at radius 1 is 1.45 bits per heavy atom. The summed E-state index contributed by atoms with van der Waals surface area (Å²) in [5.74, 6) is 0.542. The highest BCUT2D eigenvalue weighted by Crippen LogP contribution is 2.27. The molecule has 1 aromatic rings. The van der Waals surface area contributed by atoms with Crippen molar-refractivity contribution in [1.29, 1.82) is 0 Å². The van der Waals surface area contributed by atoms with Crippen molar-refractivity contribution in [3.05, 3.63) is 22.7 Å². The van der Waals surface area contributed by atoms with Crippen LogP contribution in [0.25, 0.3) is 0 Å². The first-order chi connectivity index (χ1) is 9.69. The minimum absolute atomic E-state index is 0.0777. The molecule has 1 aliphatic heterocycles. The zero-order valence-corrected chi connectivity index (χ0v) is 13.0. The van der Waals surface area contributed by atoms with Crippen LogP contribution in [0.2, 0.25) is 0 Å². The van der Waals surface area contributed by atoms with Crippen molar-refractivity contribution in [3.8, 4) is 5.75 Å². The molecule has 0 aromatic heterocycles. The van der Waals surface area contributed by atoms with Gasteiger partial charge in [-0.05, 0) is 54.0 Å². The zero-order chi connectivity index (χ0) is 14.4. The van der Waals surface area contributed by atoms with E-state index in [1.54, 1.807) is 13.2 Å². The first-order valence-electron chi connectivity index (χ1n) is 6.65. The molecule has 1 heterocycles. The Balaban J connectivity index is 1.84. The minimum Gasteiger partial charge on any atom is -0.497 e. The second-order valence-corrected chi connectivity index (χ2v) is 5.51. The molecule has 0 radical (unpaired) electrons. The number of ether oxygens (including phenoxy) is 2. The van der Waals surface area contributed by atoms with Gasteiger partial charge in [-0.2, -0.15) is 0 Å². The number of amides is 1. The fourth-order valence-corrected chi connectivity index (χ4v) is 2.41. The first kappa shape index (κ1) is 15.3. The molecule has 2 N–H and O–H groups in total. The largest absolute Gasteiger partial charge is 0.497 e. The lowest BCUT2D eigenvalue weighted by Crippen LogP contribution is -2.34. The zero-order valence-electron chi connectivity index (χ0n) is 11.4. The van der Waals surface area contributed by atoms with Crippen molar-refractivity contribution >= 4 is 27.5 Å². The maximum atomic E-state index is 11.9. The Bertz CT molecular complexity index is 462. The molecule has 1 aromatic carbocycles. The minimum atomic E-state index is -0.155. The van der Waals surface area contributed by atoms with Crippen molar-refractivity contribution in [2.75, 3.05) is 32.1 Å². The number of carbonyl (C=O) groups is 1. The molecule has 1 fully saturated rings. The quantitative estimate of drug-likeness (QED) is 0.860. The Hall–Kier alpha value is -1.11. The second kappa shape index (κ2) is 7.61. The molecule has 0 unspecified atom stereocenters. The second-order valence-electron chi connectivity index (χ2n) is 4.65. The van der Waals surface area contributed by atoms with Crippen LogP contribution in [-0.2, 0) is 9.53 Å². The van der Waals surface area contributed by atoms with Gasteiger partial charge in [0.1, 0.15) is 12.4 Å². The molecule has 20 heavy (non-hydrogen) atoms. The van der Waals surface area contributed by atoms with Crippen LogP contribution >= 0.6 is 15.9 Å². The van der Waals surface area contributed by atoms with E-state index in [9.17, 15) is 4.79 Å². The predicted octanol–water partition coefficient (Wildman–Crippen LogP) is 2.16. The lowest BCUT2D eigenvalue weighted by molar-refractivity contribution is -0.123. The molecule has 110 valence electrons. The Morgan fingerprint density at radius 2 is 2.20 bits per heavy atom. The average Bonchev–Trinajstić information content (AvgIpc) is 2.48. The fourth-order valence-electron chi connectivity index (χ4n) is 2.07. The van der Waals surface area contributed by atoms with Crippen LogP contribution in [0.5, 0.6) is 5.75 Å². The Labute approximate surface area is 127 Å². The molecule has 0 bridgehead atoms. The molecule has 1 saturated heterocycles. The summed E-state index contributed by atoms with van der Waals surface area (Å²) < 4.78 is 11.6. The van der Waals surface area contributed by atoms with Gasteiger partial charge in [0.05, 0.1) is 18.9 Å². The van der Waals surface area contributed by atoms with Gasteiger partial charge < -0.3 is 20.1 Å². The van der Waals surface area contributed by atoms with E-state index in [2.05, 4.69) is 26.6 Å². The number of piperidine rings is 1. The summed E-state index contributed by atoms with van der Waals surface area (Å²) in [6.45, 7) is 1.98. The summed E-state index contributed by atoms with van der Waals surface area (Å²) in [5, 5.41) is 6.08. The fraction of sp³-hybridized carbons (Fsp3) is 0.500. The van der Waals surface area contributed by atoms with E-state index in [1.807, 2.05) is 12.1 Å². The van der Waals surface area contributed by atoms with Crippen molar-refractivity contribution in [2.45, 2.75) is 18.9 Å². The van der Waals surface area contributed by atoms with E-state index in [-0.39, 0.29) is 18.6 Å². The van der Waals surface area contributed by atoms with E-state index in [4.69, 9.17) is 9.47 Å². The molecule has 0 aliphatic carbocycles. The van der Waals surface area contributed by atoms with E-state index < -0.39 is 0 Å². The number of anilines is 1. The van der Waals surface area contributed by atoms with Crippen LogP contribution in [0.3, 0.4) is 0 Å². The first-order valence-corrected chi connectivity index (χ1v) is 7.44. The normalized spacial score (nSPS) is 15.9. The summed E-state index contributed by atoms with van der Waals surface area (Å²) in [5.41, 5.74) is 0.684. The third-order valence-corrected chi connectivity index (χ3v) is 3.88. The van der Waals surface area contributed by atoms with Gasteiger partial charge in [-0.1, -0.05) is 0 Å². The smallest absolute Gasteiger partial charge is 0.250 e. The van der Waals surface area contributed by atoms with Gasteiger partial charge in [0.15, 0.2) is 0 Å². The number of carbonyl (C=O) groups excluding carboxylic acids is 1. The topological polar surface area (TPSA) is 59.6 Å². The summed E-state index contributed by atoms with van der Waals surface area (Å²) in [6.07, 6.45) is 2.09. The lowest BCUT2D eigenvalue weighted by atomic mass is 10.1. The molecule has 2 rings (SSSR count). The number of hydrogen-bond donors (Lipinski definition) is 2. The van der Waals surface area contributed by atoms with Crippen molar-refractivity contribution in [3.63, 3.8) is 0 Å². The predicted molar refractivity (Wildman–Crippen MR) is 81.2 cm³/mol. The Kier molecular flexibility index (Phi) is 5.82. The molecule has 0 atom stereocenters. The maximum absolute atomic E-state index is 11.9. The van der Waals surface area contributed by atoms with E-state index in [0.29, 0.717) is 11.4 Å². The number of halogens is 1. The van der Waals surface area contributed by atoms with Crippen LogP contribution in [0, 0.1) is 0 Å². The number of nitrogens with one attached hydrogen (secondary N) is 2. The number of hydrogen-bond acceptors (Lipinski definition) is 4. The number of methoxy groups -OCH3 is 1. The summed E-state index contributed by atoms with van der Waals surface area (Å²) in [7, 11) is 1.59. The Morgan fingerprint density at radius 3 is 2.90 bits per heavy atom. The molecule has 6 heteroatoms. The van der Waals surface area contributed by atoms with Crippen LogP contribution in [0.1, 0.15) is 12.8 Å². The summed E-state index contributed by atoms with van der Waals surface area (Å²) in [4.78, 5) is 11.9. The molecular weight excluding hydrogens is 324 g/mol. The molecule has 0 saturated carbocycles. The highest BCUT2D eigenvalue weighted by molar-refractivity contribution is 9.10. The molecular formula is C14H19BrN2O3. The third-order valence-electron chi connectivity index (χ3n) is 3.18. The van der Waals surface area contributed by atoms with Crippen LogP contribution in [0.4, 0.5) is 5.69 Å². The number of benzene rings is 1. The molecule has 1 amide bonds. The highest BCUT2D eigenvalue weighted by atomic mass is 79.9. The average molecular weight is 343 g/mol. The summed E-state index contributed by atoms with van der Waals surface area (Å²) in [6, 6.07) is 5.43. The molecule has 1 aliphatic rings. The lowest BCUT2D eigenvalue weighted by Gasteiger charge is -2.22. The van der Waals surface area contributed by atoms with Crippen LogP contribution in [-0.4, -0.2) is 38.8 Å². The molecule has 0 spiro atoms.